The van der Waals surface area contributed by atoms with Crippen LogP contribution in [0.15, 0.2) is 12.7 Å². The fourth-order valence-electron chi connectivity index (χ4n) is 2.12. The van der Waals surface area contributed by atoms with Gasteiger partial charge in [0.1, 0.15) is 0 Å². The zero-order valence-corrected chi connectivity index (χ0v) is 10.8. The number of carbonyl (C=O) groups is 1. The Morgan fingerprint density at radius 3 is 2.69 bits per heavy atom. The summed E-state index contributed by atoms with van der Waals surface area (Å²) >= 11 is 0. The lowest BCUT2D eigenvalue weighted by Gasteiger charge is -2.35. The topological polar surface area (TPSA) is 32.3 Å². The molecule has 0 aliphatic carbocycles. The molecule has 1 unspecified atom stereocenters. The smallest absolute Gasteiger partial charge is 0.223 e. The average Bonchev–Trinajstić information content (AvgIpc) is 2.64. The molecule has 1 fully saturated rings. The summed E-state index contributed by atoms with van der Waals surface area (Å²) < 4.78 is 0. The molecule has 1 amide bonds. The molecule has 92 valence electrons. The maximum absolute atomic E-state index is 12.2. The van der Waals surface area contributed by atoms with Gasteiger partial charge >= 0.3 is 0 Å². The third kappa shape index (κ3) is 3.63. The van der Waals surface area contributed by atoms with Gasteiger partial charge in [-0.2, -0.15) is 0 Å². The van der Waals surface area contributed by atoms with Crippen LogP contribution < -0.4 is 5.32 Å². The first-order valence-corrected chi connectivity index (χ1v) is 6.07. The van der Waals surface area contributed by atoms with Crippen LogP contribution in [0.3, 0.4) is 0 Å². The summed E-state index contributed by atoms with van der Waals surface area (Å²) in [7, 11) is 0. The van der Waals surface area contributed by atoms with E-state index < -0.39 is 0 Å². The number of rotatable bonds is 4. The van der Waals surface area contributed by atoms with E-state index in [1.807, 2.05) is 4.90 Å². The molecule has 0 aromatic rings. The van der Waals surface area contributed by atoms with Crippen molar-refractivity contribution in [2.24, 2.45) is 5.92 Å². The number of hydrogen-bond acceptors (Lipinski definition) is 2. The minimum atomic E-state index is -0.114. The van der Waals surface area contributed by atoms with Crippen LogP contribution in [0.25, 0.3) is 0 Å². The fraction of sp³-hybridized carbons (Fsp3) is 0.769. The Labute approximate surface area is 98.9 Å². The molecule has 3 heteroatoms. The van der Waals surface area contributed by atoms with Gasteiger partial charge in [-0.15, -0.1) is 6.58 Å². The van der Waals surface area contributed by atoms with Gasteiger partial charge in [-0.1, -0.05) is 6.08 Å². The maximum atomic E-state index is 12.2. The van der Waals surface area contributed by atoms with Crippen molar-refractivity contribution >= 4 is 5.91 Å². The van der Waals surface area contributed by atoms with Crippen molar-refractivity contribution in [3.63, 3.8) is 0 Å². The van der Waals surface area contributed by atoms with Gasteiger partial charge in [-0.05, 0) is 46.2 Å². The molecule has 1 aliphatic heterocycles. The molecular weight excluding hydrogens is 200 g/mol. The molecule has 3 nitrogen and oxygen atoms in total. The van der Waals surface area contributed by atoms with Gasteiger partial charge < -0.3 is 10.2 Å². The molecule has 0 saturated carbocycles. The van der Waals surface area contributed by atoms with Crippen molar-refractivity contribution in [3.8, 4) is 0 Å². The van der Waals surface area contributed by atoms with Crippen molar-refractivity contribution in [2.45, 2.75) is 39.2 Å². The van der Waals surface area contributed by atoms with Gasteiger partial charge in [0.15, 0.2) is 0 Å². The fourth-order valence-corrected chi connectivity index (χ4v) is 2.12. The molecule has 1 heterocycles. The Morgan fingerprint density at radius 1 is 1.56 bits per heavy atom. The standard InChI is InChI=1S/C13H24N2O/c1-5-8-15(13(2,3)4)12(16)9-11-6-7-14-10-11/h5,11,14H,1,6-10H2,2-4H3. The van der Waals surface area contributed by atoms with Crippen LogP contribution in [-0.4, -0.2) is 36.0 Å². The summed E-state index contributed by atoms with van der Waals surface area (Å²) in [4.78, 5) is 14.1. The summed E-state index contributed by atoms with van der Waals surface area (Å²) in [5.74, 6) is 0.767. The monoisotopic (exact) mass is 224 g/mol. The van der Waals surface area contributed by atoms with Gasteiger partial charge in [0.25, 0.3) is 0 Å². The summed E-state index contributed by atoms with van der Waals surface area (Å²) in [5.41, 5.74) is -0.114. The molecule has 1 rings (SSSR count). The van der Waals surface area contributed by atoms with E-state index in [1.54, 1.807) is 6.08 Å². The average molecular weight is 224 g/mol. The van der Waals surface area contributed by atoms with E-state index in [1.165, 1.54) is 0 Å². The number of carbonyl (C=O) groups excluding carboxylic acids is 1. The van der Waals surface area contributed by atoms with E-state index in [4.69, 9.17) is 0 Å². The zero-order chi connectivity index (χ0) is 12.2. The van der Waals surface area contributed by atoms with E-state index in [-0.39, 0.29) is 11.4 Å². The van der Waals surface area contributed by atoms with Crippen LogP contribution in [0.5, 0.6) is 0 Å². The first-order valence-electron chi connectivity index (χ1n) is 6.07. The highest BCUT2D eigenvalue weighted by Gasteiger charge is 2.27. The Balaban J connectivity index is 2.56. The molecule has 1 saturated heterocycles. The zero-order valence-electron chi connectivity index (χ0n) is 10.8. The molecule has 0 bridgehead atoms. The number of amides is 1. The number of hydrogen-bond donors (Lipinski definition) is 1. The number of nitrogens with one attached hydrogen (secondary N) is 1. The van der Waals surface area contributed by atoms with Gasteiger partial charge in [-0.25, -0.2) is 0 Å². The van der Waals surface area contributed by atoms with Crippen molar-refractivity contribution < 1.29 is 4.79 Å². The molecule has 0 aromatic heterocycles. The quantitative estimate of drug-likeness (QED) is 0.739. The second kappa shape index (κ2) is 5.48. The normalized spacial score (nSPS) is 20.8. The van der Waals surface area contributed by atoms with Crippen LogP contribution in [0.2, 0.25) is 0 Å². The molecule has 0 radical (unpaired) electrons. The van der Waals surface area contributed by atoms with Gasteiger partial charge in [0.05, 0.1) is 0 Å². The van der Waals surface area contributed by atoms with E-state index in [0.717, 1.165) is 19.5 Å². The molecule has 1 atom stereocenters. The van der Waals surface area contributed by atoms with E-state index in [2.05, 4.69) is 32.7 Å². The highest BCUT2D eigenvalue weighted by molar-refractivity contribution is 5.77. The first-order chi connectivity index (χ1) is 7.45. The molecule has 1 N–H and O–H groups in total. The predicted octanol–water partition coefficient (Wildman–Crippen LogP) is 1.80. The molecular formula is C13H24N2O. The van der Waals surface area contributed by atoms with E-state index in [0.29, 0.717) is 18.9 Å². The lowest BCUT2D eigenvalue weighted by molar-refractivity contribution is -0.136. The van der Waals surface area contributed by atoms with Crippen LogP contribution in [-0.2, 0) is 4.79 Å². The Bertz CT molecular complexity index is 249. The second-order valence-electron chi connectivity index (χ2n) is 5.53. The number of nitrogens with zero attached hydrogens (tertiary/aromatic N) is 1. The highest BCUT2D eigenvalue weighted by atomic mass is 16.2. The van der Waals surface area contributed by atoms with E-state index in [9.17, 15) is 4.79 Å². The van der Waals surface area contributed by atoms with Crippen LogP contribution in [0.1, 0.15) is 33.6 Å². The minimum absolute atomic E-state index is 0.114. The minimum Gasteiger partial charge on any atom is -0.334 e. The third-order valence-corrected chi connectivity index (χ3v) is 3.05. The van der Waals surface area contributed by atoms with Gasteiger partial charge in [0, 0.05) is 18.5 Å². The molecule has 16 heavy (non-hydrogen) atoms. The summed E-state index contributed by atoms with van der Waals surface area (Å²) in [6, 6.07) is 0. The Kier molecular flexibility index (Phi) is 4.54. The van der Waals surface area contributed by atoms with Crippen molar-refractivity contribution in [1.29, 1.82) is 0 Å². The molecule has 0 aromatic carbocycles. The maximum Gasteiger partial charge on any atom is 0.223 e. The predicted molar refractivity (Wildman–Crippen MR) is 67.3 cm³/mol. The van der Waals surface area contributed by atoms with Crippen LogP contribution in [0, 0.1) is 5.92 Å². The summed E-state index contributed by atoms with van der Waals surface area (Å²) in [6.07, 6.45) is 3.59. The molecule has 1 aliphatic rings. The van der Waals surface area contributed by atoms with Crippen molar-refractivity contribution in [1.82, 2.24) is 10.2 Å². The van der Waals surface area contributed by atoms with Crippen molar-refractivity contribution in [2.75, 3.05) is 19.6 Å². The highest BCUT2D eigenvalue weighted by Crippen LogP contribution is 2.19. The summed E-state index contributed by atoms with van der Waals surface area (Å²) in [5, 5.41) is 3.30. The molecule has 0 spiro atoms. The Hall–Kier alpha value is -0.830. The SMILES string of the molecule is C=CCN(C(=O)CC1CCNC1)C(C)(C)C. The Morgan fingerprint density at radius 2 is 2.25 bits per heavy atom. The van der Waals surface area contributed by atoms with Gasteiger partial charge in [0.2, 0.25) is 5.91 Å². The van der Waals surface area contributed by atoms with Crippen molar-refractivity contribution in [3.05, 3.63) is 12.7 Å². The lowest BCUT2D eigenvalue weighted by Crippen LogP contribution is -2.46. The third-order valence-electron chi connectivity index (χ3n) is 3.05. The summed E-state index contributed by atoms with van der Waals surface area (Å²) in [6.45, 7) is 12.6. The first kappa shape index (κ1) is 13.2. The largest absolute Gasteiger partial charge is 0.334 e. The van der Waals surface area contributed by atoms with Crippen LogP contribution >= 0.6 is 0 Å². The van der Waals surface area contributed by atoms with E-state index >= 15 is 0 Å². The van der Waals surface area contributed by atoms with Gasteiger partial charge in [-0.3, -0.25) is 4.79 Å². The lowest BCUT2D eigenvalue weighted by atomic mass is 10.0. The second-order valence-corrected chi connectivity index (χ2v) is 5.53. The van der Waals surface area contributed by atoms with Crippen LogP contribution in [0.4, 0.5) is 0 Å².